The average Bonchev–Trinajstić information content (AvgIpc) is 3.15. The summed E-state index contributed by atoms with van der Waals surface area (Å²) in [5, 5.41) is 16.7. The minimum Gasteiger partial charge on any atom is -0.435 e. The third-order valence-electron chi connectivity index (χ3n) is 5.16. The first-order valence-corrected chi connectivity index (χ1v) is 10.7. The van der Waals surface area contributed by atoms with E-state index in [1.165, 1.54) is 22.9 Å². The highest BCUT2D eigenvalue weighted by molar-refractivity contribution is 8.00. The Kier molecular flexibility index (Phi) is 5.15. The van der Waals surface area contributed by atoms with Crippen LogP contribution in [0, 0.1) is 0 Å². The molecule has 0 saturated heterocycles. The van der Waals surface area contributed by atoms with Crippen LogP contribution in [0.1, 0.15) is 23.9 Å². The first-order valence-electron chi connectivity index (χ1n) is 9.80. The summed E-state index contributed by atoms with van der Waals surface area (Å²) in [7, 11) is 0. The Labute approximate surface area is 181 Å². The van der Waals surface area contributed by atoms with E-state index in [9.17, 15) is 8.78 Å². The lowest BCUT2D eigenvalue weighted by Crippen LogP contribution is -2.22. The van der Waals surface area contributed by atoms with Crippen molar-refractivity contribution in [3.63, 3.8) is 0 Å². The normalized spacial score (nSPS) is 15.7. The van der Waals surface area contributed by atoms with Gasteiger partial charge in [-0.2, -0.15) is 18.6 Å². The maximum absolute atomic E-state index is 12.4. The Morgan fingerprint density at radius 3 is 2.58 bits per heavy atom. The van der Waals surface area contributed by atoms with Gasteiger partial charge in [0, 0.05) is 6.42 Å². The maximum Gasteiger partial charge on any atom is 0.387 e. The van der Waals surface area contributed by atoms with Gasteiger partial charge in [-0.1, -0.05) is 54.2 Å². The molecule has 5 rings (SSSR count). The molecule has 31 heavy (non-hydrogen) atoms. The zero-order valence-electron chi connectivity index (χ0n) is 16.6. The summed E-state index contributed by atoms with van der Waals surface area (Å²) < 4.78 is 31.1. The van der Waals surface area contributed by atoms with Crippen LogP contribution in [-0.2, 0) is 6.42 Å². The van der Waals surface area contributed by atoms with E-state index in [4.69, 9.17) is 5.10 Å². The molecule has 0 radical (unpaired) electrons. The molecule has 0 saturated carbocycles. The molecule has 0 spiro atoms. The molecule has 0 unspecified atom stereocenters. The molecule has 1 aliphatic rings. The van der Waals surface area contributed by atoms with Crippen molar-refractivity contribution in [1.82, 2.24) is 14.9 Å². The van der Waals surface area contributed by atoms with Gasteiger partial charge in [0.1, 0.15) is 5.75 Å². The standard InChI is InChI=1S/C23H18F2N4OS/c1-14-21(16-9-11-18(12-10-16)30-22(24)25)28-29-20(26-27-23(29)31-14)13-17-7-4-6-15-5-2-3-8-19(15)17/h2-12,14,22H,13H2,1H3/t14-/m1/s1. The molecule has 1 aliphatic heterocycles. The van der Waals surface area contributed by atoms with Gasteiger partial charge in [0.05, 0.1) is 11.0 Å². The summed E-state index contributed by atoms with van der Waals surface area (Å²) in [5.41, 5.74) is 2.83. The molecule has 2 heterocycles. The van der Waals surface area contributed by atoms with Crippen molar-refractivity contribution in [2.24, 2.45) is 5.10 Å². The van der Waals surface area contributed by atoms with E-state index in [0.29, 0.717) is 6.42 Å². The maximum atomic E-state index is 12.4. The fourth-order valence-electron chi connectivity index (χ4n) is 3.70. The van der Waals surface area contributed by atoms with Gasteiger partial charge in [-0.05, 0) is 53.1 Å². The number of rotatable bonds is 5. The van der Waals surface area contributed by atoms with E-state index in [1.807, 2.05) is 25.1 Å². The van der Waals surface area contributed by atoms with Gasteiger partial charge in [-0.15, -0.1) is 10.2 Å². The van der Waals surface area contributed by atoms with Crippen LogP contribution in [0.15, 0.2) is 77.0 Å². The fraction of sp³-hybridized carbons (Fsp3) is 0.174. The van der Waals surface area contributed by atoms with Crippen molar-refractivity contribution in [3.8, 4) is 5.75 Å². The van der Waals surface area contributed by atoms with E-state index in [2.05, 4.69) is 39.2 Å². The van der Waals surface area contributed by atoms with Gasteiger partial charge in [-0.25, -0.2) is 0 Å². The molecule has 5 nitrogen and oxygen atoms in total. The van der Waals surface area contributed by atoms with Crippen LogP contribution < -0.4 is 4.74 Å². The summed E-state index contributed by atoms with van der Waals surface area (Å²) in [6.45, 7) is -0.807. The molecule has 0 fully saturated rings. The van der Waals surface area contributed by atoms with Crippen LogP contribution in [0.5, 0.6) is 5.75 Å². The second kappa shape index (κ2) is 8.11. The van der Waals surface area contributed by atoms with Gasteiger partial charge in [0.25, 0.3) is 0 Å². The summed E-state index contributed by atoms with van der Waals surface area (Å²) >= 11 is 1.57. The molecular formula is C23H18F2N4OS. The zero-order valence-corrected chi connectivity index (χ0v) is 17.4. The lowest BCUT2D eigenvalue weighted by Gasteiger charge is -2.20. The lowest BCUT2D eigenvalue weighted by molar-refractivity contribution is -0.0498. The van der Waals surface area contributed by atoms with Crippen LogP contribution in [0.3, 0.4) is 0 Å². The summed E-state index contributed by atoms with van der Waals surface area (Å²) in [6.07, 6.45) is 0.598. The number of alkyl halides is 2. The zero-order chi connectivity index (χ0) is 21.4. The van der Waals surface area contributed by atoms with Gasteiger partial charge in [0.15, 0.2) is 5.82 Å². The number of thioether (sulfide) groups is 1. The number of benzene rings is 3. The van der Waals surface area contributed by atoms with Crippen LogP contribution >= 0.6 is 11.8 Å². The molecule has 0 amide bonds. The number of ether oxygens (including phenoxy) is 1. The minimum atomic E-state index is -2.84. The van der Waals surface area contributed by atoms with E-state index >= 15 is 0 Å². The van der Waals surface area contributed by atoms with Crippen molar-refractivity contribution in [3.05, 3.63) is 83.7 Å². The van der Waals surface area contributed by atoms with Gasteiger partial charge in [-0.3, -0.25) is 0 Å². The average molecular weight is 436 g/mol. The smallest absolute Gasteiger partial charge is 0.387 e. The number of hydrogen-bond donors (Lipinski definition) is 0. The molecule has 0 N–H and O–H groups in total. The second-order valence-electron chi connectivity index (χ2n) is 7.17. The molecule has 156 valence electrons. The topological polar surface area (TPSA) is 52.3 Å². The van der Waals surface area contributed by atoms with Gasteiger partial charge in [0.2, 0.25) is 5.16 Å². The number of halogens is 2. The van der Waals surface area contributed by atoms with Crippen LogP contribution in [0.4, 0.5) is 8.78 Å². The van der Waals surface area contributed by atoms with Crippen LogP contribution in [0.2, 0.25) is 0 Å². The van der Waals surface area contributed by atoms with Crippen molar-refractivity contribution in [2.45, 2.75) is 30.4 Å². The Balaban J connectivity index is 1.49. The van der Waals surface area contributed by atoms with E-state index < -0.39 is 6.61 Å². The van der Waals surface area contributed by atoms with Crippen molar-refractivity contribution in [1.29, 1.82) is 0 Å². The first-order chi connectivity index (χ1) is 15.1. The molecule has 1 atom stereocenters. The molecule has 1 aromatic heterocycles. The minimum absolute atomic E-state index is 0.0453. The molecule has 3 aromatic carbocycles. The number of nitrogens with zero attached hydrogens (tertiary/aromatic N) is 4. The Morgan fingerprint density at radius 1 is 1.00 bits per heavy atom. The van der Waals surface area contributed by atoms with Crippen molar-refractivity contribution < 1.29 is 13.5 Å². The predicted octanol–water partition coefficient (Wildman–Crippen LogP) is 5.37. The highest BCUT2D eigenvalue weighted by Crippen LogP contribution is 2.31. The molecule has 0 bridgehead atoms. The molecular weight excluding hydrogens is 418 g/mol. The third kappa shape index (κ3) is 3.90. The third-order valence-corrected chi connectivity index (χ3v) is 6.20. The van der Waals surface area contributed by atoms with Gasteiger partial charge < -0.3 is 4.74 Å². The van der Waals surface area contributed by atoms with Crippen molar-refractivity contribution >= 4 is 28.2 Å². The second-order valence-corrected chi connectivity index (χ2v) is 8.48. The molecule has 8 heteroatoms. The van der Waals surface area contributed by atoms with Crippen LogP contribution in [-0.4, -0.2) is 32.4 Å². The number of fused-ring (bicyclic) bond motifs is 2. The van der Waals surface area contributed by atoms with E-state index in [-0.39, 0.29) is 11.0 Å². The van der Waals surface area contributed by atoms with Gasteiger partial charge >= 0.3 is 6.61 Å². The van der Waals surface area contributed by atoms with Crippen LogP contribution in [0.25, 0.3) is 10.8 Å². The number of aromatic nitrogens is 3. The summed E-state index contributed by atoms with van der Waals surface area (Å²) in [6, 6.07) is 21.0. The Morgan fingerprint density at radius 2 is 1.77 bits per heavy atom. The Bertz CT molecular complexity index is 1270. The number of hydrogen-bond acceptors (Lipinski definition) is 5. The summed E-state index contributed by atoms with van der Waals surface area (Å²) in [4.78, 5) is 0. The highest BCUT2D eigenvalue weighted by atomic mass is 32.2. The SMILES string of the molecule is C[C@H]1Sc2nnc(Cc3cccc4ccccc34)n2N=C1c1ccc(OC(F)F)cc1. The predicted molar refractivity (Wildman–Crippen MR) is 117 cm³/mol. The quantitative estimate of drug-likeness (QED) is 0.422. The molecule has 4 aromatic rings. The monoisotopic (exact) mass is 436 g/mol. The summed E-state index contributed by atoms with van der Waals surface area (Å²) in [5.74, 6) is 0.873. The highest BCUT2D eigenvalue weighted by Gasteiger charge is 2.26. The lowest BCUT2D eigenvalue weighted by atomic mass is 10.0. The van der Waals surface area contributed by atoms with Crippen molar-refractivity contribution in [2.75, 3.05) is 0 Å². The Hall–Kier alpha value is -3.26. The van der Waals surface area contributed by atoms with E-state index in [1.54, 1.807) is 28.6 Å². The van der Waals surface area contributed by atoms with E-state index in [0.717, 1.165) is 27.8 Å². The first kappa shape index (κ1) is 19.7. The largest absolute Gasteiger partial charge is 0.435 e. The fourth-order valence-corrected chi connectivity index (χ4v) is 4.64. The molecule has 0 aliphatic carbocycles.